The van der Waals surface area contributed by atoms with Gasteiger partial charge in [-0.3, -0.25) is 14.5 Å². The molecule has 0 unspecified atom stereocenters. The number of hydrogen-bond donors (Lipinski definition) is 1. The molecule has 21 heavy (non-hydrogen) atoms. The molecule has 0 aromatic heterocycles. The summed E-state index contributed by atoms with van der Waals surface area (Å²) < 4.78 is 10.1. The quantitative estimate of drug-likeness (QED) is 0.828. The Balaban J connectivity index is 1.94. The molecule has 0 spiro atoms. The Bertz CT molecular complexity index is 501. The normalized spacial score (nSPS) is 19.0. The summed E-state index contributed by atoms with van der Waals surface area (Å²) in [5, 5.41) is 2.78. The largest absolute Gasteiger partial charge is 0.497 e. The van der Waals surface area contributed by atoms with Gasteiger partial charge in [-0.25, -0.2) is 0 Å². The number of morpholine rings is 1. The zero-order chi connectivity index (χ0) is 15.2. The van der Waals surface area contributed by atoms with Crippen LogP contribution in [0.2, 0.25) is 0 Å². The Morgan fingerprint density at radius 2 is 2.14 bits per heavy atom. The van der Waals surface area contributed by atoms with Crippen molar-refractivity contribution in [3.8, 4) is 5.75 Å². The van der Waals surface area contributed by atoms with Gasteiger partial charge in [-0.1, -0.05) is 6.92 Å². The van der Waals surface area contributed by atoms with Gasteiger partial charge >= 0.3 is 5.97 Å². The van der Waals surface area contributed by atoms with Crippen molar-refractivity contribution in [2.24, 2.45) is 0 Å². The summed E-state index contributed by atoms with van der Waals surface area (Å²) in [5.74, 6) is 0.191. The van der Waals surface area contributed by atoms with Crippen LogP contribution in [-0.4, -0.2) is 49.6 Å². The summed E-state index contributed by atoms with van der Waals surface area (Å²) in [7, 11) is 1.58. The van der Waals surface area contributed by atoms with E-state index in [-0.39, 0.29) is 18.3 Å². The minimum absolute atomic E-state index is 0.0959. The number of anilines is 1. The summed E-state index contributed by atoms with van der Waals surface area (Å²) in [6.45, 7) is 3.74. The molecule has 1 aromatic carbocycles. The highest BCUT2D eigenvalue weighted by Crippen LogP contribution is 2.17. The summed E-state index contributed by atoms with van der Waals surface area (Å²) in [6, 6.07) is 6.55. The van der Waals surface area contributed by atoms with Crippen LogP contribution in [0, 0.1) is 0 Å². The van der Waals surface area contributed by atoms with E-state index in [1.54, 1.807) is 31.4 Å². The predicted molar refractivity (Wildman–Crippen MR) is 78.2 cm³/mol. The van der Waals surface area contributed by atoms with Crippen molar-refractivity contribution >= 4 is 17.6 Å². The smallest absolute Gasteiger partial charge is 0.323 e. The van der Waals surface area contributed by atoms with E-state index in [9.17, 15) is 9.59 Å². The first kappa shape index (κ1) is 15.3. The number of nitrogens with zero attached hydrogens (tertiary/aromatic N) is 1. The van der Waals surface area contributed by atoms with Crippen molar-refractivity contribution in [3.05, 3.63) is 24.3 Å². The van der Waals surface area contributed by atoms with E-state index in [2.05, 4.69) is 5.32 Å². The Hall–Kier alpha value is -2.08. The summed E-state index contributed by atoms with van der Waals surface area (Å²) >= 11 is 0. The number of ether oxygens (including phenoxy) is 2. The molecule has 1 aromatic rings. The molecule has 6 heteroatoms. The molecular formula is C15H20N2O4. The fourth-order valence-corrected chi connectivity index (χ4v) is 2.32. The minimum Gasteiger partial charge on any atom is -0.497 e. The number of hydrogen-bond acceptors (Lipinski definition) is 5. The van der Waals surface area contributed by atoms with Gasteiger partial charge in [0.25, 0.3) is 0 Å². The van der Waals surface area contributed by atoms with Crippen molar-refractivity contribution in [2.45, 2.75) is 19.4 Å². The molecule has 2 rings (SSSR count). The standard InChI is InChI=1S/C15H20N2O4/c1-3-17-8-9-21-15(19)13(17)10-14(18)16-11-4-6-12(20-2)7-5-11/h4-7,13H,3,8-10H2,1-2H3,(H,16,18)/t13-/m1/s1. The topological polar surface area (TPSA) is 67.9 Å². The van der Waals surface area contributed by atoms with Gasteiger partial charge in [-0.05, 0) is 30.8 Å². The van der Waals surface area contributed by atoms with E-state index < -0.39 is 6.04 Å². The first-order valence-corrected chi connectivity index (χ1v) is 6.98. The number of nitrogens with one attached hydrogen (secondary N) is 1. The second-order valence-electron chi connectivity index (χ2n) is 4.79. The lowest BCUT2D eigenvalue weighted by Gasteiger charge is -2.32. The number of amides is 1. The predicted octanol–water partition coefficient (Wildman–Crippen LogP) is 1.27. The van der Waals surface area contributed by atoms with E-state index in [0.29, 0.717) is 18.8 Å². The molecule has 6 nitrogen and oxygen atoms in total. The molecule has 1 fully saturated rings. The molecular weight excluding hydrogens is 272 g/mol. The molecule has 1 N–H and O–H groups in total. The van der Waals surface area contributed by atoms with Crippen LogP contribution >= 0.6 is 0 Å². The van der Waals surface area contributed by atoms with Crippen molar-refractivity contribution in [1.29, 1.82) is 0 Å². The number of cyclic esters (lactones) is 1. The van der Waals surface area contributed by atoms with E-state index >= 15 is 0 Å². The Labute approximate surface area is 124 Å². The molecule has 1 saturated heterocycles. The molecule has 1 atom stereocenters. The number of rotatable bonds is 5. The molecule has 0 bridgehead atoms. The molecule has 1 heterocycles. The zero-order valence-corrected chi connectivity index (χ0v) is 12.3. The maximum atomic E-state index is 12.1. The molecule has 114 valence electrons. The van der Waals surface area contributed by atoms with E-state index in [4.69, 9.17) is 9.47 Å². The Morgan fingerprint density at radius 3 is 2.76 bits per heavy atom. The zero-order valence-electron chi connectivity index (χ0n) is 12.3. The average Bonchev–Trinajstić information content (AvgIpc) is 2.50. The number of methoxy groups -OCH3 is 1. The van der Waals surface area contributed by atoms with E-state index in [1.807, 2.05) is 11.8 Å². The maximum Gasteiger partial charge on any atom is 0.323 e. The first-order chi connectivity index (χ1) is 10.1. The highest BCUT2D eigenvalue weighted by Gasteiger charge is 2.32. The second-order valence-corrected chi connectivity index (χ2v) is 4.79. The van der Waals surface area contributed by atoms with Crippen LogP contribution in [0.15, 0.2) is 24.3 Å². The van der Waals surface area contributed by atoms with Gasteiger partial charge in [-0.15, -0.1) is 0 Å². The molecule has 0 saturated carbocycles. The van der Waals surface area contributed by atoms with Crippen LogP contribution in [0.3, 0.4) is 0 Å². The number of carbonyl (C=O) groups excluding carboxylic acids is 2. The number of benzene rings is 1. The van der Waals surface area contributed by atoms with Gasteiger partial charge in [0.05, 0.1) is 13.5 Å². The van der Waals surface area contributed by atoms with Crippen molar-refractivity contribution in [1.82, 2.24) is 4.90 Å². The highest BCUT2D eigenvalue weighted by atomic mass is 16.5. The fourth-order valence-electron chi connectivity index (χ4n) is 2.32. The molecule has 1 amide bonds. The van der Waals surface area contributed by atoms with Crippen LogP contribution in [0.25, 0.3) is 0 Å². The lowest BCUT2D eigenvalue weighted by Crippen LogP contribution is -2.50. The van der Waals surface area contributed by atoms with Crippen molar-refractivity contribution in [3.63, 3.8) is 0 Å². The third-order valence-corrected chi connectivity index (χ3v) is 3.49. The SMILES string of the molecule is CCN1CCOC(=O)[C@H]1CC(=O)Nc1ccc(OC)cc1. The molecule has 1 aliphatic heterocycles. The van der Waals surface area contributed by atoms with Gasteiger partial charge < -0.3 is 14.8 Å². The van der Waals surface area contributed by atoms with Crippen LogP contribution in [-0.2, 0) is 14.3 Å². The number of carbonyl (C=O) groups is 2. The van der Waals surface area contributed by atoms with Gasteiger partial charge in [-0.2, -0.15) is 0 Å². The Kier molecular flexibility index (Phi) is 5.16. The third kappa shape index (κ3) is 3.95. The minimum atomic E-state index is -0.498. The van der Waals surface area contributed by atoms with Gasteiger partial charge in [0.1, 0.15) is 18.4 Å². The molecule has 0 aliphatic carbocycles. The number of esters is 1. The number of likely N-dealkylation sites (N-methyl/N-ethyl adjacent to an activating group) is 1. The molecule has 0 radical (unpaired) electrons. The van der Waals surface area contributed by atoms with Gasteiger partial charge in [0.15, 0.2) is 0 Å². The first-order valence-electron chi connectivity index (χ1n) is 6.98. The van der Waals surface area contributed by atoms with Crippen LogP contribution in [0.5, 0.6) is 5.75 Å². The van der Waals surface area contributed by atoms with Crippen LogP contribution < -0.4 is 10.1 Å². The van der Waals surface area contributed by atoms with Gasteiger partial charge in [0.2, 0.25) is 5.91 Å². The van der Waals surface area contributed by atoms with E-state index in [0.717, 1.165) is 12.3 Å². The molecule has 1 aliphatic rings. The summed E-state index contributed by atoms with van der Waals surface area (Å²) in [6.07, 6.45) is 0.0959. The average molecular weight is 292 g/mol. The lowest BCUT2D eigenvalue weighted by molar-refractivity contribution is -0.158. The highest BCUT2D eigenvalue weighted by molar-refractivity contribution is 5.94. The lowest BCUT2D eigenvalue weighted by atomic mass is 10.1. The Morgan fingerprint density at radius 1 is 1.43 bits per heavy atom. The van der Waals surface area contributed by atoms with Gasteiger partial charge in [0, 0.05) is 12.2 Å². The second kappa shape index (κ2) is 7.08. The van der Waals surface area contributed by atoms with Crippen molar-refractivity contribution in [2.75, 3.05) is 32.1 Å². The summed E-state index contributed by atoms with van der Waals surface area (Å²) in [5.41, 5.74) is 0.674. The summed E-state index contributed by atoms with van der Waals surface area (Å²) in [4.78, 5) is 25.8. The maximum absolute atomic E-state index is 12.1. The van der Waals surface area contributed by atoms with Crippen LogP contribution in [0.4, 0.5) is 5.69 Å². The van der Waals surface area contributed by atoms with Crippen molar-refractivity contribution < 1.29 is 19.1 Å². The fraction of sp³-hybridized carbons (Fsp3) is 0.467. The van der Waals surface area contributed by atoms with E-state index in [1.165, 1.54) is 0 Å². The van der Waals surface area contributed by atoms with Crippen LogP contribution in [0.1, 0.15) is 13.3 Å². The third-order valence-electron chi connectivity index (χ3n) is 3.49. The monoisotopic (exact) mass is 292 g/mol.